The molecule has 62 valence electrons. The van der Waals surface area contributed by atoms with Crippen LogP contribution in [0.4, 0.5) is 0 Å². The van der Waals surface area contributed by atoms with Crippen LogP contribution in [0, 0.1) is 0 Å². The van der Waals surface area contributed by atoms with Gasteiger partial charge in [0.15, 0.2) is 0 Å². The number of nitrogens with two attached hydrogens (primary N) is 1. The predicted molar refractivity (Wildman–Crippen MR) is 48.5 cm³/mol. The monoisotopic (exact) mass is 172 g/mol. The lowest BCUT2D eigenvalue weighted by molar-refractivity contribution is -0.118. The zero-order chi connectivity index (χ0) is 8.85. The largest absolute Gasteiger partial charge is 0.402 e. The third-order valence-electron chi connectivity index (χ3n) is 0.703. The maximum Gasteiger partial charge on any atom is 0.221 e. The topological polar surface area (TPSA) is 55.1 Å². The SMILES string of the molecule is C=C(NC(C)=O)S/C=C(/C)N. The molecule has 0 aromatic carbocycles. The first-order valence-corrected chi connectivity index (χ1v) is 3.95. The molecule has 0 aliphatic heterocycles. The molecule has 0 aromatic heterocycles. The van der Waals surface area contributed by atoms with Crippen molar-refractivity contribution in [2.45, 2.75) is 13.8 Å². The third kappa shape index (κ3) is 6.99. The van der Waals surface area contributed by atoms with E-state index in [2.05, 4.69) is 11.9 Å². The molecule has 3 nitrogen and oxygen atoms in total. The van der Waals surface area contributed by atoms with Crippen LogP contribution >= 0.6 is 11.8 Å². The smallest absolute Gasteiger partial charge is 0.221 e. The molecule has 1 amide bonds. The molecule has 0 aliphatic carbocycles. The van der Waals surface area contributed by atoms with Crippen LogP contribution in [0.25, 0.3) is 0 Å². The summed E-state index contributed by atoms with van der Waals surface area (Å²) in [6.07, 6.45) is 0. The Hall–Kier alpha value is -0.900. The second kappa shape index (κ2) is 4.85. The highest BCUT2D eigenvalue weighted by Gasteiger charge is 1.93. The van der Waals surface area contributed by atoms with Gasteiger partial charge in [-0.2, -0.15) is 0 Å². The van der Waals surface area contributed by atoms with Crippen LogP contribution in [0.5, 0.6) is 0 Å². The average molecular weight is 172 g/mol. The van der Waals surface area contributed by atoms with Gasteiger partial charge in [-0.05, 0) is 12.3 Å². The van der Waals surface area contributed by atoms with Crippen LogP contribution in [-0.4, -0.2) is 5.91 Å². The molecule has 0 atom stereocenters. The lowest BCUT2D eigenvalue weighted by Gasteiger charge is -2.00. The van der Waals surface area contributed by atoms with Crippen molar-refractivity contribution >= 4 is 17.7 Å². The molecule has 0 saturated heterocycles. The molecule has 0 aromatic rings. The van der Waals surface area contributed by atoms with Crippen molar-refractivity contribution in [1.29, 1.82) is 0 Å². The van der Waals surface area contributed by atoms with Crippen molar-refractivity contribution in [3.63, 3.8) is 0 Å². The third-order valence-corrected chi connectivity index (χ3v) is 1.58. The molecule has 0 radical (unpaired) electrons. The summed E-state index contributed by atoms with van der Waals surface area (Å²) < 4.78 is 0. The van der Waals surface area contributed by atoms with Gasteiger partial charge in [-0.3, -0.25) is 4.79 Å². The van der Waals surface area contributed by atoms with E-state index >= 15 is 0 Å². The maximum atomic E-state index is 10.5. The van der Waals surface area contributed by atoms with Crippen LogP contribution in [0.2, 0.25) is 0 Å². The Balaban J connectivity index is 3.71. The number of hydrogen-bond donors (Lipinski definition) is 2. The highest BCUT2D eigenvalue weighted by atomic mass is 32.2. The first-order valence-electron chi connectivity index (χ1n) is 3.07. The number of allylic oxidation sites excluding steroid dienone is 1. The minimum Gasteiger partial charge on any atom is -0.402 e. The Bertz CT molecular complexity index is 195. The van der Waals surface area contributed by atoms with Crippen molar-refractivity contribution in [2.75, 3.05) is 0 Å². The molecule has 0 aliphatic rings. The van der Waals surface area contributed by atoms with Crippen LogP contribution in [0.3, 0.4) is 0 Å². The highest BCUT2D eigenvalue weighted by Crippen LogP contribution is 2.11. The second-order valence-corrected chi connectivity index (χ2v) is 3.05. The van der Waals surface area contributed by atoms with Gasteiger partial charge in [-0.15, -0.1) is 0 Å². The van der Waals surface area contributed by atoms with Crippen molar-refractivity contribution in [1.82, 2.24) is 5.32 Å². The molecule has 11 heavy (non-hydrogen) atoms. The number of nitrogens with one attached hydrogen (secondary N) is 1. The number of hydrogen-bond acceptors (Lipinski definition) is 3. The number of amides is 1. The first-order chi connectivity index (χ1) is 5.02. The summed E-state index contributed by atoms with van der Waals surface area (Å²) in [4.78, 5) is 10.5. The Kier molecular flexibility index (Phi) is 4.45. The van der Waals surface area contributed by atoms with E-state index in [1.54, 1.807) is 12.3 Å². The number of thioether (sulfide) groups is 1. The van der Waals surface area contributed by atoms with Gasteiger partial charge in [0, 0.05) is 12.6 Å². The van der Waals surface area contributed by atoms with Crippen LogP contribution in [0.15, 0.2) is 22.7 Å². The van der Waals surface area contributed by atoms with Gasteiger partial charge in [-0.25, -0.2) is 0 Å². The molecular weight excluding hydrogens is 160 g/mol. The average Bonchev–Trinajstić information content (AvgIpc) is 1.82. The molecule has 0 unspecified atom stereocenters. The maximum absolute atomic E-state index is 10.5. The molecule has 0 rings (SSSR count). The lowest BCUT2D eigenvalue weighted by atomic mass is 10.6. The lowest BCUT2D eigenvalue weighted by Crippen LogP contribution is -2.15. The Morgan fingerprint density at radius 1 is 1.64 bits per heavy atom. The van der Waals surface area contributed by atoms with Crippen molar-refractivity contribution in [3.8, 4) is 0 Å². The van der Waals surface area contributed by atoms with E-state index in [4.69, 9.17) is 5.73 Å². The van der Waals surface area contributed by atoms with Gasteiger partial charge in [0.05, 0.1) is 5.03 Å². The zero-order valence-electron chi connectivity index (χ0n) is 6.68. The van der Waals surface area contributed by atoms with E-state index in [-0.39, 0.29) is 5.91 Å². The summed E-state index contributed by atoms with van der Waals surface area (Å²) in [6, 6.07) is 0. The highest BCUT2D eigenvalue weighted by molar-refractivity contribution is 8.05. The summed E-state index contributed by atoms with van der Waals surface area (Å²) in [5.74, 6) is -0.120. The number of carbonyl (C=O) groups excluding carboxylic acids is 1. The molecule has 0 saturated carbocycles. The summed E-state index contributed by atoms with van der Waals surface area (Å²) in [5.41, 5.74) is 6.05. The standard InChI is InChI=1S/C7H12N2OS/c1-5(8)4-11-7(3)9-6(2)10/h4H,3,8H2,1-2H3,(H,9,10)/b5-4-. The van der Waals surface area contributed by atoms with Crippen LogP contribution in [-0.2, 0) is 4.79 Å². The second-order valence-electron chi connectivity index (χ2n) is 2.08. The van der Waals surface area contributed by atoms with Gasteiger partial charge < -0.3 is 11.1 Å². The number of rotatable bonds is 3. The fourth-order valence-electron chi connectivity index (χ4n) is 0.390. The zero-order valence-corrected chi connectivity index (χ0v) is 7.49. The summed E-state index contributed by atoms with van der Waals surface area (Å²) in [5, 5.41) is 4.83. The molecule has 0 heterocycles. The molecule has 4 heteroatoms. The van der Waals surface area contributed by atoms with Gasteiger partial charge >= 0.3 is 0 Å². The van der Waals surface area contributed by atoms with E-state index in [9.17, 15) is 4.79 Å². The van der Waals surface area contributed by atoms with E-state index in [0.29, 0.717) is 10.7 Å². The minimum absolute atomic E-state index is 0.120. The normalized spacial score (nSPS) is 10.9. The fourth-order valence-corrected chi connectivity index (χ4v) is 0.921. The molecule has 0 fully saturated rings. The predicted octanol–water partition coefficient (Wildman–Crippen LogP) is 1.15. The van der Waals surface area contributed by atoms with Crippen molar-refractivity contribution < 1.29 is 4.79 Å². The van der Waals surface area contributed by atoms with E-state index in [1.165, 1.54) is 18.7 Å². The number of carbonyl (C=O) groups is 1. The van der Waals surface area contributed by atoms with Crippen molar-refractivity contribution in [3.05, 3.63) is 22.7 Å². The summed E-state index contributed by atoms with van der Waals surface area (Å²) >= 11 is 1.30. The van der Waals surface area contributed by atoms with Crippen molar-refractivity contribution in [2.24, 2.45) is 5.73 Å². The molecular formula is C7H12N2OS. The van der Waals surface area contributed by atoms with Gasteiger partial charge in [-0.1, -0.05) is 18.3 Å². The Morgan fingerprint density at radius 2 is 2.18 bits per heavy atom. The first kappa shape index (κ1) is 10.1. The summed E-state index contributed by atoms with van der Waals surface area (Å²) in [7, 11) is 0. The van der Waals surface area contributed by atoms with Crippen LogP contribution < -0.4 is 11.1 Å². The van der Waals surface area contributed by atoms with Crippen LogP contribution in [0.1, 0.15) is 13.8 Å². The summed E-state index contributed by atoms with van der Waals surface area (Å²) in [6.45, 7) is 6.80. The fraction of sp³-hybridized carbons (Fsp3) is 0.286. The van der Waals surface area contributed by atoms with E-state index < -0.39 is 0 Å². The minimum atomic E-state index is -0.120. The van der Waals surface area contributed by atoms with Gasteiger partial charge in [0.1, 0.15) is 0 Å². The van der Waals surface area contributed by atoms with E-state index in [1.807, 2.05) is 0 Å². The van der Waals surface area contributed by atoms with Gasteiger partial charge in [0.2, 0.25) is 5.91 Å². The molecule has 0 spiro atoms. The Labute approximate surface area is 70.7 Å². The molecule has 3 N–H and O–H groups in total. The Morgan fingerprint density at radius 3 is 2.55 bits per heavy atom. The molecule has 0 bridgehead atoms. The quantitative estimate of drug-likeness (QED) is 0.671. The van der Waals surface area contributed by atoms with Gasteiger partial charge in [0.25, 0.3) is 0 Å². The van der Waals surface area contributed by atoms with E-state index in [0.717, 1.165) is 0 Å².